The van der Waals surface area contributed by atoms with Crippen molar-refractivity contribution in [3.05, 3.63) is 42.1 Å². The summed E-state index contributed by atoms with van der Waals surface area (Å²) in [6.07, 6.45) is 6.01. The van der Waals surface area contributed by atoms with E-state index in [1.807, 2.05) is 29.3 Å². The lowest BCUT2D eigenvalue weighted by Crippen LogP contribution is -2.24. The Bertz CT molecular complexity index is 408. The van der Waals surface area contributed by atoms with E-state index in [1.165, 1.54) is 12.0 Å². The molecule has 0 N–H and O–H groups in total. The van der Waals surface area contributed by atoms with Crippen LogP contribution in [0.4, 0.5) is 0 Å². The molecule has 2 nitrogen and oxygen atoms in total. The molecule has 0 radical (unpaired) electrons. The predicted molar refractivity (Wildman–Crippen MR) is 70.3 cm³/mol. The summed E-state index contributed by atoms with van der Waals surface area (Å²) >= 11 is 0. The third kappa shape index (κ3) is 3.19. The largest absolute Gasteiger partial charge is 0.319 e. The highest BCUT2D eigenvalue weighted by atomic mass is 16.2. The molecular weight excluding hydrogens is 210 g/mol. The standard InChI is InChI=1S/C15H19NO/c1-13(14-8-4-2-5-9-14)12-16-11-7-3-6-10-15(16)17/h2,4-5,8-9,12H,3,6-7,10-11H2,1H3/b13-12+. The lowest BCUT2D eigenvalue weighted by molar-refractivity contribution is -0.128. The molecule has 0 atom stereocenters. The minimum absolute atomic E-state index is 0.262. The highest BCUT2D eigenvalue weighted by molar-refractivity contribution is 5.79. The highest BCUT2D eigenvalue weighted by Crippen LogP contribution is 2.17. The fraction of sp³-hybridized carbons (Fsp3) is 0.400. The fourth-order valence-electron chi connectivity index (χ4n) is 2.15. The zero-order valence-electron chi connectivity index (χ0n) is 10.4. The van der Waals surface area contributed by atoms with E-state index < -0.39 is 0 Å². The lowest BCUT2D eigenvalue weighted by Gasteiger charge is -2.17. The molecule has 17 heavy (non-hydrogen) atoms. The van der Waals surface area contributed by atoms with E-state index in [2.05, 4.69) is 19.1 Å². The van der Waals surface area contributed by atoms with Crippen LogP contribution >= 0.6 is 0 Å². The summed E-state index contributed by atoms with van der Waals surface area (Å²) in [5, 5.41) is 0. The fourth-order valence-corrected chi connectivity index (χ4v) is 2.15. The van der Waals surface area contributed by atoms with E-state index in [0.717, 1.165) is 25.0 Å². The third-order valence-corrected chi connectivity index (χ3v) is 3.19. The molecule has 1 amide bonds. The van der Waals surface area contributed by atoms with Crippen LogP contribution in [0.2, 0.25) is 0 Å². The van der Waals surface area contributed by atoms with Gasteiger partial charge in [-0.25, -0.2) is 0 Å². The SMILES string of the molecule is C/C(=C\N1CCCCCC1=O)c1ccccc1. The lowest BCUT2D eigenvalue weighted by atomic mass is 10.1. The van der Waals surface area contributed by atoms with E-state index in [4.69, 9.17) is 0 Å². The number of rotatable bonds is 2. The van der Waals surface area contributed by atoms with Gasteiger partial charge in [0.25, 0.3) is 0 Å². The van der Waals surface area contributed by atoms with Crippen LogP contribution < -0.4 is 0 Å². The van der Waals surface area contributed by atoms with Crippen LogP contribution in [-0.4, -0.2) is 17.4 Å². The summed E-state index contributed by atoms with van der Waals surface area (Å²) in [5.41, 5.74) is 2.34. The van der Waals surface area contributed by atoms with Crippen molar-refractivity contribution in [1.82, 2.24) is 4.90 Å². The number of hydrogen-bond donors (Lipinski definition) is 0. The molecule has 0 saturated carbocycles. The average molecular weight is 229 g/mol. The summed E-state index contributed by atoms with van der Waals surface area (Å²) < 4.78 is 0. The summed E-state index contributed by atoms with van der Waals surface area (Å²) in [5.74, 6) is 0.262. The molecule has 0 unspecified atom stereocenters. The summed E-state index contributed by atoms with van der Waals surface area (Å²) in [4.78, 5) is 13.7. The first kappa shape index (κ1) is 11.9. The first-order valence-electron chi connectivity index (χ1n) is 6.31. The van der Waals surface area contributed by atoms with Crippen molar-refractivity contribution in [2.24, 2.45) is 0 Å². The monoisotopic (exact) mass is 229 g/mol. The number of likely N-dealkylation sites (tertiary alicyclic amines) is 1. The van der Waals surface area contributed by atoms with Gasteiger partial charge in [0.1, 0.15) is 0 Å². The molecule has 1 fully saturated rings. The Morgan fingerprint density at radius 1 is 1.18 bits per heavy atom. The number of allylic oxidation sites excluding steroid dienone is 1. The third-order valence-electron chi connectivity index (χ3n) is 3.19. The van der Waals surface area contributed by atoms with E-state index >= 15 is 0 Å². The van der Waals surface area contributed by atoms with Gasteiger partial charge in [-0.1, -0.05) is 36.8 Å². The number of amides is 1. The molecule has 1 aromatic rings. The number of benzene rings is 1. The molecule has 0 spiro atoms. The zero-order chi connectivity index (χ0) is 12.1. The molecule has 1 saturated heterocycles. The molecule has 90 valence electrons. The maximum Gasteiger partial charge on any atom is 0.226 e. The van der Waals surface area contributed by atoms with Crippen molar-refractivity contribution in [3.8, 4) is 0 Å². The Kier molecular flexibility index (Phi) is 3.97. The molecule has 1 aliphatic rings. The van der Waals surface area contributed by atoms with Crippen LogP contribution in [0.1, 0.15) is 38.2 Å². The van der Waals surface area contributed by atoms with Gasteiger partial charge < -0.3 is 4.90 Å². The smallest absolute Gasteiger partial charge is 0.226 e. The van der Waals surface area contributed by atoms with Crippen molar-refractivity contribution in [3.63, 3.8) is 0 Å². The van der Waals surface area contributed by atoms with Gasteiger partial charge in [-0.15, -0.1) is 0 Å². The van der Waals surface area contributed by atoms with Crippen LogP contribution in [0, 0.1) is 0 Å². The summed E-state index contributed by atoms with van der Waals surface area (Å²) in [7, 11) is 0. The van der Waals surface area contributed by atoms with Gasteiger partial charge in [0.05, 0.1) is 0 Å². The first-order chi connectivity index (χ1) is 8.27. The minimum atomic E-state index is 0.262. The number of carbonyl (C=O) groups excluding carboxylic acids is 1. The van der Waals surface area contributed by atoms with Gasteiger partial charge in [-0.3, -0.25) is 4.79 Å². The van der Waals surface area contributed by atoms with Crippen molar-refractivity contribution in [2.75, 3.05) is 6.54 Å². The Morgan fingerprint density at radius 3 is 2.71 bits per heavy atom. The molecular formula is C15H19NO. The number of nitrogens with zero attached hydrogens (tertiary/aromatic N) is 1. The Hall–Kier alpha value is -1.57. The molecule has 2 rings (SSSR count). The van der Waals surface area contributed by atoms with Crippen LogP contribution in [-0.2, 0) is 4.79 Å². The second-order valence-electron chi connectivity index (χ2n) is 4.58. The van der Waals surface area contributed by atoms with E-state index in [-0.39, 0.29) is 5.91 Å². The van der Waals surface area contributed by atoms with Crippen molar-refractivity contribution >= 4 is 11.5 Å². The normalized spacial score (nSPS) is 18.1. The Morgan fingerprint density at radius 2 is 1.94 bits per heavy atom. The minimum Gasteiger partial charge on any atom is -0.319 e. The van der Waals surface area contributed by atoms with Gasteiger partial charge in [0.2, 0.25) is 5.91 Å². The van der Waals surface area contributed by atoms with E-state index in [0.29, 0.717) is 6.42 Å². The van der Waals surface area contributed by atoms with Crippen LogP contribution in [0.15, 0.2) is 36.5 Å². The molecule has 2 heteroatoms. The van der Waals surface area contributed by atoms with Crippen LogP contribution in [0.25, 0.3) is 5.57 Å². The van der Waals surface area contributed by atoms with Gasteiger partial charge in [-0.2, -0.15) is 0 Å². The number of carbonyl (C=O) groups is 1. The van der Waals surface area contributed by atoms with Crippen molar-refractivity contribution in [1.29, 1.82) is 0 Å². The summed E-state index contributed by atoms with van der Waals surface area (Å²) in [6, 6.07) is 10.2. The molecule has 0 bridgehead atoms. The van der Waals surface area contributed by atoms with Crippen LogP contribution in [0.3, 0.4) is 0 Å². The maximum absolute atomic E-state index is 11.9. The first-order valence-corrected chi connectivity index (χ1v) is 6.31. The topological polar surface area (TPSA) is 20.3 Å². The number of hydrogen-bond acceptors (Lipinski definition) is 1. The maximum atomic E-state index is 11.9. The van der Waals surface area contributed by atoms with Gasteiger partial charge in [0, 0.05) is 19.2 Å². The quantitative estimate of drug-likeness (QED) is 0.760. The molecule has 1 aromatic carbocycles. The molecule has 1 heterocycles. The summed E-state index contributed by atoms with van der Waals surface area (Å²) in [6.45, 7) is 2.93. The average Bonchev–Trinajstić information content (AvgIpc) is 2.56. The second-order valence-corrected chi connectivity index (χ2v) is 4.58. The van der Waals surface area contributed by atoms with E-state index in [1.54, 1.807) is 0 Å². The molecule has 1 aliphatic heterocycles. The van der Waals surface area contributed by atoms with Gasteiger partial charge in [0.15, 0.2) is 0 Å². The van der Waals surface area contributed by atoms with E-state index in [9.17, 15) is 4.79 Å². The van der Waals surface area contributed by atoms with Crippen molar-refractivity contribution in [2.45, 2.75) is 32.6 Å². The molecule has 0 aliphatic carbocycles. The zero-order valence-corrected chi connectivity index (χ0v) is 10.4. The van der Waals surface area contributed by atoms with Gasteiger partial charge in [-0.05, 0) is 30.9 Å². The Labute approximate surface area is 103 Å². The molecule has 0 aromatic heterocycles. The Balaban J connectivity index is 2.14. The predicted octanol–water partition coefficient (Wildman–Crippen LogP) is 3.45. The second kappa shape index (κ2) is 5.67. The van der Waals surface area contributed by atoms with Crippen LogP contribution in [0.5, 0.6) is 0 Å². The van der Waals surface area contributed by atoms with Gasteiger partial charge >= 0.3 is 0 Å². The highest BCUT2D eigenvalue weighted by Gasteiger charge is 2.14. The van der Waals surface area contributed by atoms with Crippen molar-refractivity contribution < 1.29 is 4.79 Å².